The van der Waals surface area contributed by atoms with E-state index in [-0.39, 0.29) is 17.0 Å². The predicted molar refractivity (Wildman–Crippen MR) is 95.1 cm³/mol. The van der Waals surface area contributed by atoms with Crippen LogP contribution in [0.1, 0.15) is 26.2 Å². The van der Waals surface area contributed by atoms with Gasteiger partial charge in [-0.15, -0.1) is 0 Å². The van der Waals surface area contributed by atoms with Gasteiger partial charge in [-0.2, -0.15) is 0 Å². The van der Waals surface area contributed by atoms with Crippen LogP contribution in [-0.2, 0) is 20.4 Å². The van der Waals surface area contributed by atoms with E-state index in [9.17, 15) is 4.79 Å². The molecule has 1 fully saturated rings. The standard InChI is InChI=1S/C19H23O3S/c1-2-3-12-21-19(20)22-16-11-13-23(14-16)18-10-6-8-15-7-4-5-9-17(15)18/h4-10,16H,2-3,11-14H2,1H3/q+1. The van der Waals surface area contributed by atoms with Gasteiger partial charge in [-0.1, -0.05) is 43.7 Å². The topological polar surface area (TPSA) is 35.5 Å². The average molecular weight is 331 g/mol. The van der Waals surface area contributed by atoms with E-state index in [1.165, 1.54) is 15.7 Å². The van der Waals surface area contributed by atoms with Gasteiger partial charge in [0.1, 0.15) is 5.75 Å². The van der Waals surface area contributed by atoms with Crippen molar-refractivity contribution in [1.29, 1.82) is 0 Å². The first-order chi connectivity index (χ1) is 11.3. The van der Waals surface area contributed by atoms with Crippen LogP contribution in [0.3, 0.4) is 0 Å². The Labute approximate surface area is 140 Å². The molecular formula is C19H23O3S+. The first kappa shape index (κ1) is 16.2. The van der Waals surface area contributed by atoms with Crippen LogP contribution < -0.4 is 0 Å². The molecule has 0 spiro atoms. The maximum atomic E-state index is 11.7. The summed E-state index contributed by atoms with van der Waals surface area (Å²) in [6, 6.07) is 15.0. The number of ether oxygens (including phenoxy) is 2. The van der Waals surface area contributed by atoms with Crippen LogP contribution in [0.15, 0.2) is 47.4 Å². The fourth-order valence-electron chi connectivity index (χ4n) is 2.87. The van der Waals surface area contributed by atoms with Crippen molar-refractivity contribution in [3.63, 3.8) is 0 Å². The van der Waals surface area contributed by atoms with Crippen molar-refractivity contribution in [2.75, 3.05) is 18.1 Å². The maximum Gasteiger partial charge on any atom is 0.508 e. The van der Waals surface area contributed by atoms with Crippen molar-refractivity contribution < 1.29 is 14.3 Å². The summed E-state index contributed by atoms with van der Waals surface area (Å²) in [7, 11) is 0.148. The van der Waals surface area contributed by atoms with Crippen LogP contribution in [0.2, 0.25) is 0 Å². The fourth-order valence-corrected chi connectivity index (χ4v) is 5.44. The van der Waals surface area contributed by atoms with Crippen molar-refractivity contribution in [2.24, 2.45) is 0 Å². The molecule has 122 valence electrons. The second-order valence-electron chi connectivity index (χ2n) is 5.82. The smallest absolute Gasteiger partial charge is 0.434 e. The molecule has 1 aliphatic heterocycles. The van der Waals surface area contributed by atoms with Gasteiger partial charge in [0.15, 0.2) is 16.8 Å². The Morgan fingerprint density at radius 1 is 1.22 bits per heavy atom. The van der Waals surface area contributed by atoms with Crippen LogP contribution in [-0.4, -0.2) is 30.4 Å². The lowest BCUT2D eigenvalue weighted by Crippen LogP contribution is -2.20. The molecule has 2 atom stereocenters. The summed E-state index contributed by atoms with van der Waals surface area (Å²) in [5, 5.41) is 2.60. The average Bonchev–Trinajstić information content (AvgIpc) is 3.03. The lowest BCUT2D eigenvalue weighted by molar-refractivity contribution is 0.0308. The minimum absolute atomic E-state index is 0.00794. The van der Waals surface area contributed by atoms with Gasteiger partial charge in [0.25, 0.3) is 0 Å². The summed E-state index contributed by atoms with van der Waals surface area (Å²) in [5.41, 5.74) is 0. The molecule has 2 unspecified atom stereocenters. The van der Waals surface area contributed by atoms with Crippen LogP contribution >= 0.6 is 0 Å². The minimum Gasteiger partial charge on any atom is -0.434 e. The predicted octanol–water partition coefficient (Wildman–Crippen LogP) is 4.54. The summed E-state index contributed by atoms with van der Waals surface area (Å²) in [5.74, 6) is 2.00. The van der Waals surface area contributed by atoms with Gasteiger partial charge in [-0.25, -0.2) is 4.79 Å². The zero-order valence-corrected chi connectivity index (χ0v) is 14.3. The summed E-state index contributed by atoms with van der Waals surface area (Å²) in [6.07, 6.45) is 2.31. The van der Waals surface area contributed by atoms with E-state index >= 15 is 0 Å². The Morgan fingerprint density at radius 2 is 2.04 bits per heavy atom. The van der Waals surface area contributed by atoms with Crippen LogP contribution in [0.5, 0.6) is 0 Å². The largest absolute Gasteiger partial charge is 0.508 e. The molecule has 3 rings (SSSR count). The van der Waals surface area contributed by atoms with Gasteiger partial charge in [0.05, 0.1) is 6.61 Å². The highest BCUT2D eigenvalue weighted by molar-refractivity contribution is 7.97. The lowest BCUT2D eigenvalue weighted by Gasteiger charge is -2.09. The third kappa shape index (κ3) is 3.99. The second kappa shape index (κ2) is 7.73. The van der Waals surface area contributed by atoms with Gasteiger partial charge in [-0.3, -0.25) is 0 Å². The highest BCUT2D eigenvalue weighted by Crippen LogP contribution is 2.30. The Kier molecular flexibility index (Phi) is 5.44. The zero-order chi connectivity index (χ0) is 16.1. The molecular weight excluding hydrogens is 308 g/mol. The van der Waals surface area contributed by atoms with E-state index in [1.54, 1.807) is 0 Å². The molecule has 0 aromatic heterocycles. The molecule has 4 heteroatoms. The van der Waals surface area contributed by atoms with Crippen LogP contribution in [0.4, 0.5) is 4.79 Å². The molecule has 1 heterocycles. The maximum absolute atomic E-state index is 11.7. The van der Waals surface area contributed by atoms with Gasteiger partial charge in [-0.05, 0) is 23.9 Å². The van der Waals surface area contributed by atoms with Gasteiger partial charge in [0, 0.05) is 22.7 Å². The Balaban J connectivity index is 1.62. The van der Waals surface area contributed by atoms with Gasteiger partial charge in [0.2, 0.25) is 0 Å². The number of carbonyl (C=O) groups is 1. The molecule has 2 aromatic rings. The van der Waals surface area contributed by atoms with Crippen molar-refractivity contribution in [3.05, 3.63) is 42.5 Å². The monoisotopic (exact) mass is 331 g/mol. The number of hydrogen-bond donors (Lipinski definition) is 0. The van der Waals surface area contributed by atoms with Gasteiger partial charge < -0.3 is 9.47 Å². The summed E-state index contributed by atoms with van der Waals surface area (Å²) in [4.78, 5) is 13.1. The van der Waals surface area contributed by atoms with Crippen LogP contribution in [0.25, 0.3) is 10.8 Å². The molecule has 0 saturated carbocycles. The Bertz CT molecular complexity index is 665. The molecule has 0 bridgehead atoms. The van der Waals surface area contributed by atoms with E-state index in [0.29, 0.717) is 6.61 Å². The molecule has 0 aliphatic carbocycles. The van der Waals surface area contributed by atoms with Gasteiger partial charge >= 0.3 is 6.16 Å². The number of carbonyl (C=O) groups excluding carboxylic acids is 1. The SMILES string of the molecule is CCCCOC(=O)OC1CC[S+](c2cccc3ccccc23)C1. The van der Waals surface area contributed by atoms with Crippen molar-refractivity contribution in [1.82, 2.24) is 0 Å². The van der Waals surface area contributed by atoms with Crippen molar-refractivity contribution in [3.8, 4) is 0 Å². The number of unbranched alkanes of at least 4 members (excludes halogenated alkanes) is 1. The van der Waals surface area contributed by atoms with Crippen LogP contribution in [0, 0.1) is 0 Å². The lowest BCUT2D eigenvalue weighted by atomic mass is 10.1. The number of rotatable bonds is 5. The number of hydrogen-bond acceptors (Lipinski definition) is 3. The minimum atomic E-state index is -0.508. The molecule has 1 saturated heterocycles. The second-order valence-corrected chi connectivity index (χ2v) is 7.99. The van der Waals surface area contributed by atoms with Crippen molar-refractivity contribution >= 4 is 27.8 Å². The summed E-state index contributed by atoms with van der Waals surface area (Å²) in [6.45, 7) is 2.53. The first-order valence-electron chi connectivity index (χ1n) is 8.26. The molecule has 3 nitrogen and oxygen atoms in total. The van der Waals surface area contributed by atoms with E-state index in [0.717, 1.165) is 30.8 Å². The molecule has 0 radical (unpaired) electrons. The van der Waals surface area contributed by atoms with E-state index in [4.69, 9.17) is 9.47 Å². The zero-order valence-electron chi connectivity index (χ0n) is 13.5. The van der Waals surface area contributed by atoms with E-state index < -0.39 is 6.16 Å². The molecule has 0 N–H and O–H groups in total. The summed E-state index contributed by atoms with van der Waals surface area (Å²) >= 11 is 0. The first-order valence-corrected chi connectivity index (χ1v) is 9.83. The van der Waals surface area contributed by atoms with E-state index in [2.05, 4.69) is 49.4 Å². The van der Waals surface area contributed by atoms with Crippen molar-refractivity contribution in [2.45, 2.75) is 37.2 Å². The molecule has 1 aliphatic rings. The Morgan fingerprint density at radius 3 is 2.91 bits per heavy atom. The highest BCUT2D eigenvalue weighted by Gasteiger charge is 2.38. The molecule has 2 aromatic carbocycles. The fraction of sp³-hybridized carbons (Fsp3) is 0.421. The third-order valence-electron chi connectivity index (χ3n) is 4.11. The normalized spacial score (nSPS) is 20.6. The number of benzene rings is 2. The third-order valence-corrected chi connectivity index (χ3v) is 6.60. The molecule has 23 heavy (non-hydrogen) atoms. The number of fused-ring (bicyclic) bond motifs is 1. The summed E-state index contributed by atoms with van der Waals surface area (Å²) < 4.78 is 10.6. The van der Waals surface area contributed by atoms with E-state index in [1.807, 2.05) is 0 Å². The highest BCUT2D eigenvalue weighted by atomic mass is 32.2. The Hall–Kier alpha value is -1.68. The molecule has 0 amide bonds. The quantitative estimate of drug-likeness (QED) is 0.458.